The van der Waals surface area contributed by atoms with Crippen LogP contribution in [0.2, 0.25) is 0 Å². The molecule has 2 heterocycles. The molecule has 1 atom stereocenters. The van der Waals surface area contributed by atoms with Gasteiger partial charge in [-0.2, -0.15) is 0 Å². The summed E-state index contributed by atoms with van der Waals surface area (Å²) in [6.07, 6.45) is 1.60. The van der Waals surface area contributed by atoms with E-state index in [2.05, 4.69) is 49.9 Å². The Morgan fingerprint density at radius 1 is 1.24 bits per heavy atom. The fraction of sp³-hybridized carbons (Fsp3) is 0.278. The fourth-order valence-electron chi connectivity index (χ4n) is 2.39. The molecule has 0 spiro atoms. The van der Waals surface area contributed by atoms with Crippen molar-refractivity contribution in [2.45, 2.75) is 26.4 Å². The van der Waals surface area contributed by atoms with Crippen molar-refractivity contribution < 1.29 is 4.42 Å². The molecule has 7 nitrogen and oxygen atoms in total. The monoisotopic (exact) mass is 338 g/mol. The Balaban J connectivity index is 1.66. The minimum absolute atomic E-state index is 0.146. The van der Waals surface area contributed by atoms with Gasteiger partial charge in [-0.05, 0) is 31.5 Å². The number of aromatic amines is 1. The minimum atomic E-state index is 0.146. The molecule has 0 radical (unpaired) electrons. The second-order valence-corrected chi connectivity index (χ2v) is 5.55. The van der Waals surface area contributed by atoms with E-state index in [0.29, 0.717) is 24.0 Å². The zero-order valence-corrected chi connectivity index (χ0v) is 14.4. The van der Waals surface area contributed by atoms with Gasteiger partial charge in [0.2, 0.25) is 5.82 Å². The molecule has 0 aliphatic carbocycles. The molecule has 0 aliphatic heterocycles. The van der Waals surface area contributed by atoms with E-state index in [0.717, 1.165) is 12.5 Å². The molecule has 0 bridgehead atoms. The second kappa shape index (κ2) is 8.14. The molecule has 3 N–H and O–H groups in total. The number of aliphatic imine (C=N–C) groups is 1. The van der Waals surface area contributed by atoms with Crippen molar-refractivity contribution in [1.29, 1.82) is 0 Å². The van der Waals surface area contributed by atoms with Crippen molar-refractivity contribution in [2.75, 3.05) is 6.54 Å². The Labute approximate surface area is 146 Å². The van der Waals surface area contributed by atoms with Crippen LogP contribution in [-0.4, -0.2) is 27.7 Å². The molecular formula is C18H22N6O. The smallest absolute Gasteiger partial charge is 0.216 e. The Bertz CT molecular complexity index is 794. The first-order chi connectivity index (χ1) is 12.3. The molecule has 0 amide bonds. The van der Waals surface area contributed by atoms with E-state index in [4.69, 9.17) is 4.42 Å². The van der Waals surface area contributed by atoms with Crippen molar-refractivity contribution >= 4 is 5.96 Å². The van der Waals surface area contributed by atoms with E-state index in [1.54, 1.807) is 6.26 Å². The molecule has 0 saturated carbocycles. The van der Waals surface area contributed by atoms with Gasteiger partial charge in [-0.1, -0.05) is 30.3 Å². The average Bonchev–Trinajstić information content (AvgIpc) is 3.32. The lowest BCUT2D eigenvalue weighted by molar-refractivity contribution is 0.577. The third kappa shape index (κ3) is 4.47. The zero-order valence-electron chi connectivity index (χ0n) is 14.4. The number of hydrogen-bond acceptors (Lipinski definition) is 4. The van der Waals surface area contributed by atoms with Crippen LogP contribution in [0.4, 0.5) is 0 Å². The molecule has 7 heteroatoms. The molecular weight excluding hydrogens is 316 g/mol. The quantitative estimate of drug-likeness (QED) is 0.475. The maximum absolute atomic E-state index is 5.29. The summed E-state index contributed by atoms with van der Waals surface area (Å²) in [5.41, 5.74) is 1.20. The highest BCUT2D eigenvalue weighted by atomic mass is 16.3. The van der Waals surface area contributed by atoms with Gasteiger partial charge in [-0.15, -0.1) is 5.10 Å². The third-order valence-corrected chi connectivity index (χ3v) is 3.66. The summed E-state index contributed by atoms with van der Waals surface area (Å²) < 4.78 is 5.29. The number of aromatic nitrogens is 3. The van der Waals surface area contributed by atoms with Gasteiger partial charge in [0, 0.05) is 6.54 Å². The number of benzene rings is 1. The van der Waals surface area contributed by atoms with E-state index < -0.39 is 0 Å². The van der Waals surface area contributed by atoms with Crippen molar-refractivity contribution in [1.82, 2.24) is 25.8 Å². The zero-order chi connectivity index (χ0) is 17.5. The third-order valence-electron chi connectivity index (χ3n) is 3.66. The van der Waals surface area contributed by atoms with Crippen LogP contribution in [0.5, 0.6) is 0 Å². The van der Waals surface area contributed by atoms with E-state index in [1.165, 1.54) is 5.56 Å². The number of nitrogens with zero attached hydrogens (tertiary/aromatic N) is 3. The molecule has 0 aliphatic rings. The number of furan rings is 1. The fourth-order valence-corrected chi connectivity index (χ4v) is 2.39. The number of hydrogen-bond donors (Lipinski definition) is 3. The van der Waals surface area contributed by atoms with E-state index in [-0.39, 0.29) is 6.04 Å². The second-order valence-electron chi connectivity index (χ2n) is 5.55. The largest absolute Gasteiger partial charge is 0.461 e. The molecule has 130 valence electrons. The van der Waals surface area contributed by atoms with Crippen LogP contribution in [0.25, 0.3) is 11.6 Å². The lowest BCUT2D eigenvalue weighted by Gasteiger charge is -2.18. The molecule has 0 fully saturated rings. The summed E-state index contributed by atoms with van der Waals surface area (Å²) in [6, 6.07) is 14.0. The molecule has 0 saturated heterocycles. The Kier molecular flexibility index (Phi) is 5.46. The Morgan fingerprint density at radius 3 is 2.80 bits per heavy atom. The number of H-pyrrole nitrogens is 1. The first kappa shape index (κ1) is 16.8. The van der Waals surface area contributed by atoms with E-state index >= 15 is 0 Å². The number of guanidine groups is 1. The highest BCUT2D eigenvalue weighted by Crippen LogP contribution is 2.14. The molecule has 3 rings (SSSR count). The molecule has 1 unspecified atom stereocenters. The Hall–Kier alpha value is -3.09. The Morgan fingerprint density at radius 2 is 2.08 bits per heavy atom. The van der Waals surface area contributed by atoms with Crippen molar-refractivity contribution in [3.8, 4) is 11.6 Å². The normalized spacial score (nSPS) is 12.8. The van der Waals surface area contributed by atoms with Gasteiger partial charge in [0.1, 0.15) is 12.4 Å². The summed E-state index contributed by atoms with van der Waals surface area (Å²) in [5.74, 6) is 2.57. The standard InChI is InChI=1S/C18H22N6O/c1-3-19-18(21-13(2)14-8-5-4-6-9-14)20-12-16-22-17(24-23-16)15-10-7-11-25-15/h4-11,13H,3,12H2,1-2H3,(H2,19,20,21)(H,22,23,24). The van der Waals surface area contributed by atoms with Gasteiger partial charge in [-0.25, -0.2) is 9.98 Å². The van der Waals surface area contributed by atoms with Crippen LogP contribution >= 0.6 is 0 Å². The number of nitrogens with one attached hydrogen (secondary N) is 3. The van der Waals surface area contributed by atoms with Crippen LogP contribution in [0, 0.1) is 0 Å². The van der Waals surface area contributed by atoms with Gasteiger partial charge in [0.25, 0.3) is 0 Å². The first-order valence-corrected chi connectivity index (χ1v) is 8.31. The SMILES string of the molecule is CCNC(=NCc1nc(-c2ccco2)n[nH]1)NC(C)c1ccccc1. The van der Waals surface area contributed by atoms with Crippen LogP contribution in [0.1, 0.15) is 31.3 Å². The van der Waals surface area contributed by atoms with E-state index in [1.807, 2.05) is 37.3 Å². The minimum Gasteiger partial charge on any atom is -0.461 e. The lowest BCUT2D eigenvalue weighted by atomic mass is 10.1. The molecule has 3 aromatic rings. The maximum Gasteiger partial charge on any atom is 0.216 e. The summed E-state index contributed by atoms with van der Waals surface area (Å²) in [6.45, 7) is 5.31. The van der Waals surface area contributed by atoms with E-state index in [9.17, 15) is 0 Å². The highest BCUT2D eigenvalue weighted by molar-refractivity contribution is 5.80. The summed E-state index contributed by atoms with van der Waals surface area (Å²) >= 11 is 0. The van der Waals surface area contributed by atoms with Crippen LogP contribution in [0.15, 0.2) is 58.1 Å². The average molecular weight is 338 g/mol. The maximum atomic E-state index is 5.29. The summed E-state index contributed by atoms with van der Waals surface area (Å²) in [5, 5.41) is 13.7. The highest BCUT2D eigenvalue weighted by Gasteiger charge is 2.10. The van der Waals surface area contributed by atoms with Gasteiger partial charge in [0.05, 0.1) is 12.3 Å². The predicted molar refractivity (Wildman–Crippen MR) is 96.9 cm³/mol. The summed E-state index contributed by atoms with van der Waals surface area (Å²) in [7, 11) is 0. The predicted octanol–water partition coefficient (Wildman–Crippen LogP) is 2.88. The molecule has 25 heavy (non-hydrogen) atoms. The lowest BCUT2D eigenvalue weighted by Crippen LogP contribution is -2.38. The van der Waals surface area contributed by atoms with Gasteiger partial charge >= 0.3 is 0 Å². The van der Waals surface area contributed by atoms with Crippen molar-refractivity contribution in [3.63, 3.8) is 0 Å². The first-order valence-electron chi connectivity index (χ1n) is 8.31. The van der Waals surface area contributed by atoms with Gasteiger partial charge < -0.3 is 15.1 Å². The van der Waals surface area contributed by atoms with Gasteiger partial charge in [0.15, 0.2) is 11.7 Å². The van der Waals surface area contributed by atoms with Crippen LogP contribution in [0.3, 0.4) is 0 Å². The molecule has 1 aromatic carbocycles. The van der Waals surface area contributed by atoms with Crippen LogP contribution < -0.4 is 10.6 Å². The molecule has 2 aromatic heterocycles. The van der Waals surface area contributed by atoms with Gasteiger partial charge in [-0.3, -0.25) is 5.10 Å². The summed E-state index contributed by atoms with van der Waals surface area (Å²) in [4.78, 5) is 8.97. The van der Waals surface area contributed by atoms with Crippen molar-refractivity contribution in [2.24, 2.45) is 4.99 Å². The number of rotatable bonds is 6. The van der Waals surface area contributed by atoms with Crippen LogP contribution in [-0.2, 0) is 6.54 Å². The topological polar surface area (TPSA) is 91.1 Å². The van der Waals surface area contributed by atoms with Crippen molar-refractivity contribution in [3.05, 3.63) is 60.1 Å².